The Labute approximate surface area is 127 Å². The van der Waals surface area contributed by atoms with Crippen molar-refractivity contribution >= 4 is 11.9 Å². The lowest BCUT2D eigenvalue weighted by Gasteiger charge is -2.14. The summed E-state index contributed by atoms with van der Waals surface area (Å²) in [5.74, 6) is -1.63. The van der Waals surface area contributed by atoms with Crippen molar-refractivity contribution in [3.63, 3.8) is 0 Å². The minimum Gasteiger partial charge on any atom is -0.479 e. The van der Waals surface area contributed by atoms with Crippen molar-refractivity contribution in [2.75, 3.05) is 0 Å². The van der Waals surface area contributed by atoms with Crippen molar-refractivity contribution in [3.05, 3.63) is 34.9 Å². The molecule has 0 bridgehead atoms. The third-order valence-corrected chi connectivity index (χ3v) is 3.39. The summed E-state index contributed by atoms with van der Waals surface area (Å²) in [4.78, 5) is 23.8. The first-order chi connectivity index (χ1) is 10.3. The SMILES string of the molecule is Cc1n[nH]c(C)c1[C@H](NC(=O)c1cnn(C(C)C)c1)C(=O)O. The highest BCUT2D eigenvalue weighted by Gasteiger charge is 2.28. The highest BCUT2D eigenvalue weighted by atomic mass is 16.4. The Kier molecular flexibility index (Phi) is 4.30. The number of hydrogen-bond donors (Lipinski definition) is 3. The third kappa shape index (κ3) is 3.00. The fourth-order valence-corrected chi connectivity index (χ4v) is 2.19. The fraction of sp³-hybridized carbons (Fsp3) is 0.429. The van der Waals surface area contributed by atoms with Gasteiger partial charge in [-0.3, -0.25) is 14.6 Å². The minimum absolute atomic E-state index is 0.121. The lowest BCUT2D eigenvalue weighted by Crippen LogP contribution is -2.34. The highest BCUT2D eigenvalue weighted by Crippen LogP contribution is 2.20. The van der Waals surface area contributed by atoms with Gasteiger partial charge in [0, 0.05) is 23.5 Å². The van der Waals surface area contributed by atoms with E-state index in [-0.39, 0.29) is 6.04 Å². The number of aromatic amines is 1. The van der Waals surface area contributed by atoms with Gasteiger partial charge in [-0.15, -0.1) is 0 Å². The Bertz CT molecular complexity index is 682. The molecule has 0 aromatic carbocycles. The van der Waals surface area contributed by atoms with Gasteiger partial charge < -0.3 is 10.4 Å². The van der Waals surface area contributed by atoms with Gasteiger partial charge in [-0.2, -0.15) is 10.2 Å². The maximum absolute atomic E-state index is 12.3. The summed E-state index contributed by atoms with van der Waals surface area (Å²) in [5.41, 5.74) is 1.95. The number of carboxylic acid groups (broad SMARTS) is 1. The summed E-state index contributed by atoms with van der Waals surface area (Å²) >= 11 is 0. The number of nitrogens with zero attached hydrogens (tertiary/aromatic N) is 3. The number of nitrogens with one attached hydrogen (secondary N) is 2. The van der Waals surface area contributed by atoms with Gasteiger partial charge >= 0.3 is 5.97 Å². The maximum atomic E-state index is 12.3. The van der Waals surface area contributed by atoms with Crippen LogP contribution in [0.4, 0.5) is 0 Å². The Morgan fingerprint density at radius 2 is 2.05 bits per heavy atom. The number of amides is 1. The molecular formula is C14H19N5O3. The monoisotopic (exact) mass is 305 g/mol. The zero-order valence-corrected chi connectivity index (χ0v) is 12.9. The van der Waals surface area contributed by atoms with E-state index in [1.54, 1.807) is 24.7 Å². The second kappa shape index (κ2) is 6.00. The highest BCUT2D eigenvalue weighted by molar-refractivity contribution is 5.96. The Hall–Kier alpha value is -2.64. The van der Waals surface area contributed by atoms with Crippen molar-refractivity contribution in [1.82, 2.24) is 25.3 Å². The third-order valence-electron chi connectivity index (χ3n) is 3.39. The fourth-order valence-electron chi connectivity index (χ4n) is 2.19. The molecule has 0 aliphatic heterocycles. The summed E-state index contributed by atoms with van der Waals surface area (Å²) in [5, 5.41) is 22.7. The summed E-state index contributed by atoms with van der Waals surface area (Å²) < 4.78 is 1.64. The van der Waals surface area contributed by atoms with E-state index < -0.39 is 17.9 Å². The Morgan fingerprint density at radius 3 is 2.50 bits per heavy atom. The molecule has 2 aromatic rings. The smallest absolute Gasteiger partial charge is 0.331 e. The van der Waals surface area contributed by atoms with Crippen LogP contribution in [0.3, 0.4) is 0 Å². The molecule has 0 saturated heterocycles. The zero-order valence-electron chi connectivity index (χ0n) is 12.9. The standard InChI is InChI=1S/C14H19N5O3/c1-7(2)19-6-10(5-15-19)13(20)16-12(14(21)22)11-8(3)17-18-9(11)4/h5-7,12H,1-4H3,(H,16,20)(H,17,18)(H,21,22)/t12-/m0/s1. The Morgan fingerprint density at radius 1 is 1.36 bits per heavy atom. The van der Waals surface area contributed by atoms with Crippen molar-refractivity contribution in [2.45, 2.75) is 39.8 Å². The lowest BCUT2D eigenvalue weighted by molar-refractivity contribution is -0.139. The molecule has 2 heterocycles. The Balaban J connectivity index is 2.24. The number of H-pyrrole nitrogens is 1. The molecule has 0 fully saturated rings. The predicted octanol–water partition coefficient (Wildman–Crippen LogP) is 1.36. The molecule has 1 atom stereocenters. The number of hydrogen-bond acceptors (Lipinski definition) is 4. The summed E-state index contributed by atoms with van der Waals surface area (Å²) in [6.07, 6.45) is 3.01. The molecule has 0 saturated carbocycles. The molecule has 8 nitrogen and oxygen atoms in total. The number of carboxylic acids is 1. The molecule has 0 spiro atoms. The average Bonchev–Trinajstić information content (AvgIpc) is 3.04. The number of aliphatic carboxylic acids is 1. The van der Waals surface area contributed by atoms with Crippen molar-refractivity contribution in [3.8, 4) is 0 Å². The van der Waals surface area contributed by atoms with Gasteiger partial charge in [0.15, 0.2) is 6.04 Å². The van der Waals surface area contributed by atoms with Gasteiger partial charge in [-0.25, -0.2) is 4.79 Å². The van der Waals surface area contributed by atoms with Crippen LogP contribution >= 0.6 is 0 Å². The zero-order chi connectivity index (χ0) is 16.4. The summed E-state index contributed by atoms with van der Waals surface area (Å²) in [7, 11) is 0. The molecule has 2 aromatic heterocycles. The average molecular weight is 305 g/mol. The van der Waals surface area contributed by atoms with E-state index in [1.165, 1.54) is 6.20 Å². The van der Waals surface area contributed by atoms with E-state index in [0.717, 1.165) is 0 Å². The van der Waals surface area contributed by atoms with Gasteiger partial charge in [0.2, 0.25) is 0 Å². The molecule has 0 aliphatic rings. The van der Waals surface area contributed by atoms with Crippen LogP contribution < -0.4 is 5.32 Å². The summed E-state index contributed by atoms with van der Waals surface area (Å²) in [6, 6.07) is -1.04. The summed E-state index contributed by atoms with van der Waals surface area (Å²) in [6.45, 7) is 7.28. The van der Waals surface area contributed by atoms with Gasteiger partial charge in [-0.1, -0.05) is 0 Å². The van der Waals surface area contributed by atoms with E-state index in [9.17, 15) is 14.7 Å². The normalized spacial score (nSPS) is 12.4. The largest absolute Gasteiger partial charge is 0.479 e. The van der Waals surface area contributed by atoms with Gasteiger partial charge in [0.25, 0.3) is 5.91 Å². The number of carbonyl (C=O) groups is 2. The molecule has 0 radical (unpaired) electrons. The van der Waals surface area contributed by atoms with Crippen LogP contribution in [0.15, 0.2) is 12.4 Å². The molecule has 22 heavy (non-hydrogen) atoms. The van der Waals surface area contributed by atoms with Crippen molar-refractivity contribution < 1.29 is 14.7 Å². The van der Waals surface area contributed by atoms with Crippen molar-refractivity contribution in [1.29, 1.82) is 0 Å². The van der Waals surface area contributed by atoms with Crippen LogP contribution in [0.2, 0.25) is 0 Å². The molecule has 0 aliphatic carbocycles. The molecule has 118 valence electrons. The molecule has 1 amide bonds. The van der Waals surface area contributed by atoms with Crippen LogP contribution in [-0.4, -0.2) is 37.0 Å². The number of rotatable bonds is 5. The van der Waals surface area contributed by atoms with Crippen LogP contribution in [0.5, 0.6) is 0 Å². The number of aromatic nitrogens is 4. The number of carbonyl (C=O) groups excluding carboxylic acids is 1. The van der Waals surface area contributed by atoms with Gasteiger partial charge in [0.1, 0.15) is 0 Å². The molecular weight excluding hydrogens is 286 g/mol. The van der Waals surface area contributed by atoms with Crippen LogP contribution in [0, 0.1) is 13.8 Å². The topological polar surface area (TPSA) is 113 Å². The first-order valence-corrected chi connectivity index (χ1v) is 6.90. The lowest BCUT2D eigenvalue weighted by atomic mass is 10.0. The second-order valence-electron chi connectivity index (χ2n) is 5.40. The first-order valence-electron chi connectivity index (χ1n) is 6.90. The van der Waals surface area contributed by atoms with Gasteiger partial charge in [0.05, 0.1) is 17.5 Å². The van der Waals surface area contributed by atoms with E-state index in [0.29, 0.717) is 22.5 Å². The predicted molar refractivity (Wildman–Crippen MR) is 78.5 cm³/mol. The van der Waals surface area contributed by atoms with Crippen LogP contribution in [-0.2, 0) is 4.79 Å². The minimum atomic E-state index is -1.16. The van der Waals surface area contributed by atoms with Crippen molar-refractivity contribution in [2.24, 2.45) is 0 Å². The van der Waals surface area contributed by atoms with Crippen LogP contribution in [0.25, 0.3) is 0 Å². The quantitative estimate of drug-likeness (QED) is 0.772. The van der Waals surface area contributed by atoms with E-state index in [2.05, 4.69) is 20.6 Å². The molecule has 8 heteroatoms. The second-order valence-corrected chi connectivity index (χ2v) is 5.40. The van der Waals surface area contributed by atoms with Crippen LogP contribution in [0.1, 0.15) is 53.2 Å². The van der Waals surface area contributed by atoms with E-state index >= 15 is 0 Å². The van der Waals surface area contributed by atoms with E-state index in [1.807, 2.05) is 13.8 Å². The van der Waals surface area contributed by atoms with Gasteiger partial charge in [-0.05, 0) is 27.7 Å². The first kappa shape index (κ1) is 15.7. The molecule has 0 unspecified atom stereocenters. The number of aryl methyl sites for hydroxylation is 2. The molecule has 3 N–H and O–H groups in total. The molecule has 2 rings (SSSR count). The maximum Gasteiger partial charge on any atom is 0.331 e. The van der Waals surface area contributed by atoms with E-state index in [4.69, 9.17) is 0 Å².